The van der Waals surface area contributed by atoms with Crippen molar-refractivity contribution >= 4 is 22.7 Å². The van der Waals surface area contributed by atoms with Crippen molar-refractivity contribution in [3.05, 3.63) is 53.1 Å². The van der Waals surface area contributed by atoms with Gasteiger partial charge in [-0.15, -0.1) is 0 Å². The highest BCUT2D eigenvalue weighted by atomic mass is 35.5. The lowest BCUT2D eigenvalue weighted by molar-refractivity contribution is 0.802. The van der Waals surface area contributed by atoms with E-state index in [1.807, 2.05) is 42.5 Å². The van der Waals surface area contributed by atoms with Crippen molar-refractivity contribution in [3.8, 4) is 18.2 Å². The third-order valence-corrected chi connectivity index (χ3v) is 3.69. The van der Waals surface area contributed by atoms with Crippen LogP contribution in [0.2, 0.25) is 0 Å². The third-order valence-electron chi connectivity index (χ3n) is 3.28. The highest BCUT2D eigenvalue weighted by Gasteiger charge is 2.36. The quantitative estimate of drug-likeness (QED) is 0.756. The number of halogens is 1. The Hall–Kier alpha value is -3.07. The smallest absolute Gasteiger partial charge is 0.177 e. The van der Waals surface area contributed by atoms with Gasteiger partial charge in [-0.1, -0.05) is 41.9 Å². The van der Waals surface area contributed by atoms with Crippen molar-refractivity contribution in [2.75, 3.05) is 0 Å². The van der Waals surface area contributed by atoms with E-state index in [-0.39, 0.29) is 17.2 Å². The standard InChI is InChI=1S/C15H6ClN5/c16-14-13(9-4-2-1-3-5-9)10(6-17)15-20-11(7-18)12(8-19)21(14)15/h1-5,14H. The van der Waals surface area contributed by atoms with Crippen molar-refractivity contribution in [1.29, 1.82) is 15.8 Å². The van der Waals surface area contributed by atoms with Gasteiger partial charge in [-0.2, -0.15) is 15.8 Å². The van der Waals surface area contributed by atoms with Crippen molar-refractivity contribution in [2.45, 2.75) is 5.50 Å². The molecule has 3 rings (SSSR count). The van der Waals surface area contributed by atoms with E-state index in [9.17, 15) is 10.5 Å². The predicted molar refractivity (Wildman–Crippen MR) is 75.4 cm³/mol. The Morgan fingerprint density at radius 2 is 1.76 bits per heavy atom. The van der Waals surface area contributed by atoms with Crippen LogP contribution in [0.4, 0.5) is 0 Å². The average molecular weight is 292 g/mol. The van der Waals surface area contributed by atoms with Gasteiger partial charge in [0.2, 0.25) is 0 Å². The van der Waals surface area contributed by atoms with Crippen LogP contribution < -0.4 is 0 Å². The summed E-state index contributed by atoms with van der Waals surface area (Å²) < 4.78 is 1.43. The number of nitriles is 3. The molecular weight excluding hydrogens is 286 g/mol. The van der Waals surface area contributed by atoms with Gasteiger partial charge in [0, 0.05) is 5.57 Å². The summed E-state index contributed by atoms with van der Waals surface area (Å²) in [5.41, 5.74) is 1.01. The Morgan fingerprint density at radius 1 is 1.05 bits per heavy atom. The summed E-state index contributed by atoms with van der Waals surface area (Å²) in [6, 6.07) is 15.1. The number of benzene rings is 1. The molecule has 0 amide bonds. The topological polar surface area (TPSA) is 89.2 Å². The van der Waals surface area contributed by atoms with Crippen LogP contribution in [0.1, 0.15) is 28.3 Å². The second kappa shape index (κ2) is 4.80. The molecule has 2 heterocycles. The summed E-state index contributed by atoms with van der Waals surface area (Å²) in [5.74, 6) is 0.268. The maximum atomic E-state index is 9.42. The van der Waals surface area contributed by atoms with Crippen LogP contribution in [-0.4, -0.2) is 9.55 Å². The van der Waals surface area contributed by atoms with Crippen LogP contribution in [0, 0.1) is 34.0 Å². The highest BCUT2D eigenvalue weighted by Crippen LogP contribution is 2.45. The van der Waals surface area contributed by atoms with E-state index in [2.05, 4.69) is 11.1 Å². The second-order valence-electron chi connectivity index (χ2n) is 4.33. The van der Waals surface area contributed by atoms with Gasteiger partial charge in [-0.05, 0) is 5.56 Å². The molecule has 5 nitrogen and oxygen atoms in total. The van der Waals surface area contributed by atoms with Gasteiger partial charge in [0.1, 0.15) is 29.3 Å². The number of hydrogen-bond acceptors (Lipinski definition) is 4. The maximum Gasteiger partial charge on any atom is 0.177 e. The van der Waals surface area contributed by atoms with Crippen molar-refractivity contribution in [3.63, 3.8) is 0 Å². The van der Waals surface area contributed by atoms with E-state index >= 15 is 0 Å². The van der Waals surface area contributed by atoms with Crippen LogP contribution in [0.5, 0.6) is 0 Å². The van der Waals surface area contributed by atoms with Gasteiger partial charge in [0.05, 0.1) is 0 Å². The maximum absolute atomic E-state index is 9.42. The van der Waals surface area contributed by atoms with Crippen LogP contribution in [0.25, 0.3) is 11.1 Å². The molecular formula is C15H6ClN5. The first-order chi connectivity index (χ1) is 10.2. The molecule has 1 aliphatic heterocycles. The Balaban J connectivity index is 2.30. The molecule has 21 heavy (non-hydrogen) atoms. The fourth-order valence-electron chi connectivity index (χ4n) is 2.39. The molecule has 1 aliphatic rings. The number of imidazole rings is 1. The minimum absolute atomic E-state index is 0.0157. The average Bonchev–Trinajstić information content (AvgIpc) is 3.02. The Labute approximate surface area is 125 Å². The van der Waals surface area contributed by atoms with E-state index in [0.717, 1.165) is 5.56 Å². The monoisotopic (exact) mass is 291 g/mol. The highest BCUT2D eigenvalue weighted by molar-refractivity contribution is 6.28. The summed E-state index contributed by atoms with van der Waals surface area (Å²) in [4.78, 5) is 4.07. The van der Waals surface area contributed by atoms with Crippen molar-refractivity contribution < 1.29 is 0 Å². The molecule has 1 unspecified atom stereocenters. The molecule has 1 aromatic carbocycles. The molecule has 0 fully saturated rings. The van der Waals surface area contributed by atoms with Crippen LogP contribution in [0.3, 0.4) is 0 Å². The molecule has 98 valence electrons. The summed E-state index contributed by atoms with van der Waals surface area (Å²) >= 11 is 6.42. The molecule has 0 N–H and O–H groups in total. The minimum Gasteiger partial charge on any atom is -0.292 e. The molecule has 0 spiro atoms. The van der Waals surface area contributed by atoms with Crippen molar-refractivity contribution in [1.82, 2.24) is 9.55 Å². The zero-order valence-electron chi connectivity index (χ0n) is 10.6. The molecule has 0 saturated carbocycles. The molecule has 1 aromatic heterocycles. The number of fused-ring (bicyclic) bond motifs is 1. The Bertz CT molecular complexity index is 887. The molecule has 2 aromatic rings. The molecule has 0 saturated heterocycles. The molecule has 0 bridgehead atoms. The van der Waals surface area contributed by atoms with E-state index in [4.69, 9.17) is 16.9 Å². The van der Waals surface area contributed by atoms with Gasteiger partial charge in [-0.25, -0.2) is 4.98 Å². The first-order valence-electron chi connectivity index (χ1n) is 5.99. The van der Waals surface area contributed by atoms with Gasteiger partial charge in [0.25, 0.3) is 0 Å². The normalized spacial score (nSPS) is 16.0. The van der Waals surface area contributed by atoms with Gasteiger partial charge >= 0.3 is 0 Å². The lowest BCUT2D eigenvalue weighted by Crippen LogP contribution is -2.03. The van der Waals surface area contributed by atoms with Gasteiger partial charge in [-0.3, -0.25) is 4.57 Å². The van der Waals surface area contributed by atoms with E-state index in [1.165, 1.54) is 4.57 Å². The fraction of sp³-hybridized carbons (Fsp3) is 0.0667. The number of aromatic nitrogens is 2. The summed E-state index contributed by atoms with van der Waals surface area (Å²) in [6.45, 7) is 0. The SMILES string of the molecule is N#CC1=C(c2ccccc2)C(Cl)n2c1nc(C#N)c2C#N. The van der Waals surface area contributed by atoms with Gasteiger partial charge in [0.15, 0.2) is 17.2 Å². The Morgan fingerprint density at radius 3 is 2.33 bits per heavy atom. The predicted octanol–water partition coefficient (Wildman–Crippen LogP) is 2.81. The fourth-order valence-corrected chi connectivity index (χ4v) is 2.82. The largest absolute Gasteiger partial charge is 0.292 e. The molecule has 1 atom stereocenters. The van der Waals surface area contributed by atoms with E-state index in [0.29, 0.717) is 11.1 Å². The molecule has 0 radical (unpaired) electrons. The zero-order valence-corrected chi connectivity index (χ0v) is 11.3. The molecule has 6 heteroatoms. The third kappa shape index (κ3) is 1.71. The zero-order chi connectivity index (χ0) is 15.0. The number of rotatable bonds is 1. The lowest BCUT2D eigenvalue weighted by Gasteiger charge is -2.11. The van der Waals surface area contributed by atoms with Crippen LogP contribution >= 0.6 is 11.6 Å². The first kappa shape index (κ1) is 12.9. The number of allylic oxidation sites excluding steroid dienone is 2. The second-order valence-corrected chi connectivity index (χ2v) is 4.74. The lowest BCUT2D eigenvalue weighted by atomic mass is 10.0. The Kier molecular flexibility index (Phi) is 2.95. The van der Waals surface area contributed by atoms with Crippen LogP contribution in [0.15, 0.2) is 30.3 Å². The van der Waals surface area contributed by atoms with E-state index < -0.39 is 5.50 Å². The molecule has 0 aliphatic carbocycles. The van der Waals surface area contributed by atoms with E-state index in [1.54, 1.807) is 0 Å². The number of nitrogens with zero attached hydrogens (tertiary/aromatic N) is 5. The van der Waals surface area contributed by atoms with Crippen molar-refractivity contribution in [2.24, 2.45) is 0 Å². The number of alkyl halides is 1. The first-order valence-corrected chi connectivity index (χ1v) is 6.43. The summed E-state index contributed by atoms with van der Waals surface area (Å²) in [6.07, 6.45) is 0. The summed E-state index contributed by atoms with van der Waals surface area (Å²) in [7, 11) is 0. The van der Waals surface area contributed by atoms with Gasteiger partial charge < -0.3 is 0 Å². The number of hydrogen-bond donors (Lipinski definition) is 0. The summed E-state index contributed by atoms with van der Waals surface area (Å²) in [5, 5.41) is 27.7. The van der Waals surface area contributed by atoms with Crippen LogP contribution in [-0.2, 0) is 0 Å². The minimum atomic E-state index is -0.735.